The summed E-state index contributed by atoms with van der Waals surface area (Å²) in [7, 11) is 0. The Bertz CT molecular complexity index is 651. The first-order valence-corrected chi connectivity index (χ1v) is 8.21. The zero-order valence-electron chi connectivity index (χ0n) is 12.2. The van der Waals surface area contributed by atoms with Crippen LogP contribution in [-0.2, 0) is 10.3 Å². The first-order valence-electron chi connectivity index (χ1n) is 7.42. The third-order valence-corrected chi connectivity index (χ3v) is 4.84. The van der Waals surface area contributed by atoms with Crippen molar-refractivity contribution in [1.29, 1.82) is 0 Å². The van der Waals surface area contributed by atoms with Gasteiger partial charge >= 0.3 is 0 Å². The van der Waals surface area contributed by atoms with Crippen molar-refractivity contribution in [2.75, 3.05) is 13.2 Å². The molecule has 4 heteroatoms. The molecule has 1 heterocycles. The van der Waals surface area contributed by atoms with E-state index in [1.165, 1.54) is 0 Å². The Morgan fingerprint density at radius 3 is 2.32 bits per heavy atom. The Kier molecular flexibility index (Phi) is 4.60. The van der Waals surface area contributed by atoms with E-state index in [9.17, 15) is 4.79 Å². The minimum atomic E-state index is -0.355. The molecule has 1 saturated heterocycles. The minimum Gasteiger partial charge on any atom is -0.381 e. The van der Waals surface area contributed by atoms with E-state index in [1.54, 1.807) is 0 Å². The molecule has 1 fully saturated rings. The van der Waals surface area contributed by atoms with Gasteiger partial charge in [0.15, 0.2) is 0 Å². The van der Waals surface area contributed by atoms with E-state index in [4.69, 9.17) is 4.74 Å². The van der Waals surface area contributed by atoms with E-state index in [-0.39, 0.29) is 11.4 Å². The Labute approximate surface area is 138 Å². The lowest BCUT2D eigenvalue weighted by Gasteiger charge is -2.38. The van der Waals surface area contributed by atoms with E-state index in [1.807, 2.05) is 42.5 Å². The summed E-state index contributed by atoms with van der Waals surface area (Å²) in [6, 6.07) is 17.7. The topological polar surface area (TPSA) is 38.3 Å². The van der Waals surface area contributed by atoms with E-state index < -0.39 is 0 Å². The summed E-state index contributed by atoms with van der Waals surface area (Å²) >= 11 is 3.45. The van der Waals surface area contributed by atoms with Gasteiger partial charge < -0.3 is 10.1 Å². The quantitative estimate of drug-likeness (QED) is 0.902. The molecular formula is C18H18BrNO2. The molecule has 3 rings (SSSR count). The standard InChI is InChI=1S/C18H18BrNO2/c19-16-9-5-4-8-15(16)17(21)20-18(10-12-22-13-11-18)14-6-2-1-3-7-14/h1-9H,10-13H2,(H,20,21). The van der Waals surface area contributed by atoms with Crippen LogP contribution in [0.25, 0.3) is 0 Å². The van der Waals surface area contributed by atoms with Crippen molar-refractivity contribution >= 4 is 21.8 Å². The summed E-state index contributed by atoms with van der Waals surface area (Å²) < 4.78 is 6.30. The average Bonchev–Trinajstić information content (AvgIpc) is 2.57. The molecule has 1 N–H and O–H groups in total. The fraction of sp³-hybridized carbons (Fsp3) is 0.278. The molecule has 3 nitrogen and oxygen atoms in total. The second-order valence-corrected chi connectivity index (χ2v) is 6.35. The summed E-state index contributed by atoms with van der Waals surface area (Å²) in [4.78, 5) is 12.7. The minimum absolute atomic E-state index is 0.0572. The van der Waals surface area contributed by atoms with Crippen LogP contribution >= 0.6 is 15.9 Å². The Morgan fingerprint density at radius 1 is 1.00 bits per heavy atom. The fourth-order valence-corrected chi connectivity index (χ4v) is 3.36. The molecule has 22 heavy (non-hydrogen) atoms. The summed E-state index contributed by atoms with van der Waals surface area (Å²) in [6.45, 7) is 1.32. The molecule has 0 bridgehead atoms. The van der Waals surface area contributed by atoms with Gasteiger partial charge in [0.05, 0.1) is 11.1 Å². The number of nitrogens with one attached hydrogen (secondary N) is 1. The molecular weight excluding hydrogens is 342 g/mol. The smallest absolute Gasteiger partial charge is 0.253 e. The highest BCUT2D eigenvalue weighted by molar-refractivity contribution is 9.10. The third kappa shape index (κ3) is 3.08. The van der Waals surface area contributed by atoms with Crippen molar-refractivity contribution in [3.05, 3.63) is 70.2 Å². The van der Waals surface area contributed by atoms with Crippen molar-refractivity contribution in [3.63, 3.8) is 0 Å². The fourth-order valence-electron chi connectivity index (χ4n) is 2.89. The predicted molar refractivity (Wildman–Crippen MR) is 89.8 cm³/mol. The van der Waals surface area contributed by atoms with Crippen LogP contribution in [0.3, 0.4) is 0 Å². The lowest BCUT2D eigenvalue weighted by atomic mass is 9.82. The first-order chi connectivity index (χ1) is 10.7. The van der Waals surface area contributed by atoms with Gasteiger partial charge in [-0.05, 0) is 46.5 Å². The first kappa shape index (κ1) is 15.3. The van der Waals surface area contributed by atoms with Crippen LogP contribution in [0, 0.1) is 0 Å². The van der Waals surface area contributed by atoms with Gasteiger partial charge in [0, 0.05) is 17.7 Å². The van der Waals surface area contributed by atoms with Gasteiger partial charge in [0.2, 0.25) is 0 Å². The highest BCUT2D eigenvalue weighted by atomic mass is 79.9. The van der Waals surface area contributed by atoms with Gasteiger partial charge in [0.1, 0.15) is 0 Å². The third-order valence-electron chi connectivity index (χ3n) is 4.14. The van der Waals surface area contributed by atoms with E-state index in [0.717, 1.165) is 22.9 Å². The van der Waals surface area contributed by atoms with E-state index in [2.05, 4.69) is 33.4 Å². The number of ether oxygens (including phenoxy) is 1. The molecule has 0 aliphatic carbocycles. The molecule has 0 atom stereocenters. The molecule has 0 unspecified atom stereocenters. The van der Waals surface area contributed by atoms with Gasteiger partial charge in [-0.1, -0.05) is 42.5 Å². The van der Waals surface area contributed by atoms with E-state index in [0.29, 0.717) is 18.8 Å². The molecule has 114 valence electrons. The van der Waals surface area contributed by atoms with Gasteiger partial charge in [-0.2, -0.15) is 0 Å². The average molecular weight is 360 g/mol. The van der Waals surface area contributed by atoms with Gasteiger partial charge in [-0.15, -0.1) is 0 Å². The molecule has 0 aromatic heterocycles. The number of benzene rings is 2. The predicted octanol–water partition coefficient (Wildman–Crippen LogP) is 3.88. The Morgan fingerprint density at radius 2 is 1.64 bits per heavy atom. The van der Waals surface area contributed by atoms with Crippen LogP contribution in [0.15, 0.2) is 59.1 Å². The summed E-state index contributed by atoms with van der Waals surface area (Å²) in [5.74, 6) is -0.0572. The summed E-state index contributed by atoms with van der Waals surface area (Å²) in [5.41, 5.74) is 1.44. The van der Waals surface area contributed by atoms with Gasteiger partial charge in [-0.3, -0.25) is 4.79 Å². The largest absolute Gasteiger partial charge is 0.381 e. The maximum atomic E-state index is 12.7. The lowest BCUT2D eigenvalue weighted by molar-refractivity contribution is 0.0345. The van der Waals surface area contributed by atoms with Crippen LogP contribution in [0.1, 0.15) is 28.8 Å². The van der Waals surface area contributed by atoms with Crippen molar-refractivity contribution in [1.82, 2.24) is 5.32 Å². The Balaban J connectivity index is 1.91. The summed E-state index contributed by atoms with van der Waals surface area (Å²) in [6.07, 6.45) is 1.57. The zero-order valence-corrected chi connectivity index (χ0v) is 13.8. The number of carbonyl (C=O) groups is 1. The number of rotatable bonds is 3. The number of hydrogen-bond donors (Lipinski definition) is 1. The molecule has 1 aliphatic rings. The summed E-state index contributed by atoms with van der Waals surface area (Å²) in [5, 5.41) is 3.26. The number of amides is 1. The van der Waals surface area contributed by atoms with Crippen molar-refractivity contribution < 1.29 is 9.53 Å². The lowest BCUT2D eigenvalue weighted by Crippen LogP contribution is -2.49. The van der Waals surface area contributed by atoms with Gasteiger partial charge in [-0.25, -0.2) is 0 Å². The number of halogens is 1. The van der Waals surface area contributed by atoms with Crippen molar-refractivity contribution in [2.24, 2.45) is 0 Å². The van der Waals surface area contributed by atoms with Crippen LogP contribution in [0.2, 0.25) is 0 Å². The molecule has 1 aliphatic heterocycles. The second-order valence-electron chi connectivity index (χ2n) is 5.49. The molecule has 0 spiro atoms. The van der Waals surface area contributed by atoms with Crippen molar-refractivity contribution in [3.8, 4) is 0 Å². The molecule has 1 amide bonds. The SMILES string of the molecule is O=C(NC1(c2ccccc2)CCOCC1)c1ccccc1Br. The van der Waals surface area contributed by atoms with Crippen LogP contribution in [-0.4, -0.2) is 19.1 Å². The maximum Gasteiger partial charge on any atom is 0.253 e. The number of hydrogen-bond acceptors (Lipinski definition) is 2. The van der Waals surface area contributed by atoms with Crippen molar-refractivity contribution in [2.45, 2.75) is 18.4 Å². The normalized spacial score (nSPS) is 17.0. The van der Waals surface area contributed by atoms with Gasteiger partial charge in [0.25, 0.3) is 5.91 Å². The highest BCUT2D eigenvalue weighted by Crippen LogP contribution is 2.32. The maximum absolute atomic E-state index is 12.7. The second kappa shape index (κ2) is 6.63. The monoisotopic (exact) mass is 359 g/mol. The van der Waals surface area contributed by atoms with Crippen LogP contribution in [0.5, 0.6) is 0 Å². The molecule has 2 aromatic rings. The molecule has 2 aromatic carbocycles. The molecule has 0 saturated carbocycles. The molecule has 0 radical (unpaired) electrons. The zero-order chi connectivity index (χ0) is 15.4. The Hall–Kier alpha value is -1.65. The van der Waals surface area contributed by atoms with Crippen LogP contribution < -0.4 is 5.32 Å². The highest BCUT2D eigenvalue weighted by Gasteiger charge is 2.36. The van der Waals surface area contributed by atoms with Crippen LogP contribution in [0.4, 0.5) is 0 Å². The number of carbonyl (C=O) groups excluding carboxylic acids is 1. The van der Waals surface area contributed by atoms with E-state index >= 15 is 0 Å².